The van der Waals surface area contributed by atoms with Gasteiger partial charge in [0.05, 0.1) is 6.54 Å². The maximum Gasteiger partial charge on any atom is 0.243 e. The van der Waals surface area contributed by atoms with E-state index in [9.17, 15) is 4.79 Å². The van der Waals surface area contributed by atoms with Crippen LogP contribution in [-0.4, -0.2) is 22.2 Å². The third-order valence-corrected chi connectivity index (χ3v) is 1.74. The van der Waals surface area contributed by atoms with E-state index in [0.29, 0.717) is 13.1 Å². The summed E-state index contributed by atoms with van der Waals surface area (Å²) in [5, 5.41) is 6.76. The Labute approximate surface area is 77.3 Å². The fourth-order valence-electron chi connectivity index (χ4n) is 0.990. The highest BCUT2D eigenvalue weighted by Gasteiger charge is 1.97. The van der Waals surface area contributed by atoms with Gasteiger partial charge in [0.1, 0.15) is 0 Å². The summed E-state index contributed by atoms with van der Waals surface area (Å²) in [5.74, 6) is -0.148. The van der Waals surface area contributed by atoms with Crippen LogP contribution in [0.25, 0.3) is 0 Å². The first-order chi connectivity index (χ1) is 6.24. The molecule has 0 aromatic carbocycles. The molecule has 0 aliphatic rings. The van der Waals surface area contributed by atoms with Crippen LogP contribution in [0.4, 0.5) is 0 Å². The molecule has 4 heteroatoms. The number of hydrogen-bond donors (Lipinski definition) is 1. The molecule has 1 amide bonds. The average molecular weight is 179 g/mol. The van der Waals surface area contributed by atoms with Gasteiger partial charge in [-0.1, -0.05) is 6.58 Å². The molecule has 0 saturated heterocycles. The summed E-state index contributed by atoms with van der Waals surface area (Å²) in [5.41, 5.74) is 1.09. The SMILES string of the molecule is C=CC(=O)NCCn1nccc1C. The first kappa shape index (κ1) is 9.51. The lowest BCUT2D eigenvalue weighted by atomic mass is 10.4. The van der Waals surface area contributed by atoms with Gasteiger partial charge < -0.3 is 5.32 Å². The van der Waals surface area contributed by atoms with E-state index in [1.165, 1.54) is 6.08 Å². The number of aryl methyl sites for hydroxylation is 1. The highest BCUT2D eigenvalue weighted by Crippen LogP contribution is 1.93. The first-order valence-electron chi connectivity index (χ1n) is 4.12. The number of carbonyl (C=O) groups excluding carboxylic acids is 1. The Kier molecular flexibility index (Phi) is 3.25. The van der Waals surface area contributed by atoms with Gasteiger partial charge >= 0.3 is 0 Å². The second-order valence-corrected chi connectivity index (χ2v) is 2.69. The standard InChI is InChI=1S/C9H13N3O/c1-3-9(13)10-6-7-12-8(2)4-5-11-12/h3-5H,1,6-7H2,2H3,(H,10,13). The minimum atomic E-state index is -0.148. The van der Waals surface area contributed by atoms with Crippen LogP contribution in [0, 0.1) is 6.92 Å². The van der Waals surface area contributed by atoms with Gasteiger partial charge in [0.2, 0.25) is 5.91 Å². The molecule has 0 fully saturated rings. The average Bonchev–Trinajstić information content (AvgIpc) is 2.52. The second kappa shape index (κ2) is 4.45. The number of hydrogen-bond acceptors (Lipinski definition) is 2. The van der Waals surface area contributed by atoms with E-state index in [1.54, 1.807) is 6.20 Å². The molecule has 1 aromatic heterocycles. The number of rotatable bonds is 4. The number of nitrogens with one attached hydrogen (secondary N) is 1. The summed E-state index contributed by atoms with van der Waals surface area (Å²) in [7, 11) is 0. The van der Waals surface area contributed by atoms with Crippen molar-refractivity contribution in [1.82, 2.24) is 15.1 Å². The van der Waals surface area contributed by atoms with Crippen LogP contribution in [0.2, 0.25) is 0 Å². The van der Waals surface area contributed by atoms with Crippen molar-refractivity contribution in [2.45, 2.75) is 13.5 Å². The van der Waals surface area contributed by atoms with Gasteiger partial charge in [0.25, 0.3) is 0 Å². The highest BCUT2D eigenvalue weighted by atomic mass is 16.1. The summed E-state index contributed by atoms with van der Waals surface area (Å²) in [6, 6.07) is 1.93. The van der Waals surface area contributed by atoms with Crippen LogP contribution in [-0.2, 0) is 11.3 Å². The van der Waals surface area contributed by atoms with Crippen molar-refractivity contribution in [2.75, 3.05) is 6.54 Å². The van der Waals surface area contributed by atoms with E-state index < -0.39 is 0 Å². The summed E-state index contributed by atoms with van der Waals surface area (Å²) in [6.45, 7) is 6.60. The number of amides is 1. The van der Waals surface area contributed by atoms with Crippen LogP contribution in [0.5, 0.6) is 0 Å². The van der Waals surface area contributed by atoms with E-state index in [4.69, 9.17) is 0 Å². The lowest BCUT2D eigenvalue weighted by molar-refractivity contribution is -0.116. The fourth-order valence-corrected chi connectivity index (χ4v) is 0.990. The molecule has 0 aliphatic carbocycles. The van der Waals surface area contributed by atoms with E-state index in [2.05, 4.69) is 17.0 Å². The van der Waals surface area contributed by atoms with Gasteiger partial charge in [-0.05, 0) is 19.1 Å². The molecule has 0 aliphatic heterocycles. The molecule has 0 radical (unpaired) electrons. The number of nitrogens with zero attached hydrogens (tertiary/aromatic N) is 2. The number of carbonyl (C=O) groups is 1. The third kappa shape index (κ3) is 2.74. The lowest BCUT2D eigenvalue weighted by Crippen LogP contribution is -2.25. The van der Waals surface area contributed by atoms with Gasteiger partial charge in [-0.2, -0.15) is 5.10 Å². The van der Waals surface area contributed by atoms with Gasteiger partial charge in [0, 0.05) is 18.4 Å². The quantitative estimate of drug-likeness (QED) is 0.684. The topological polar surface area (TPSA) is 46.9 Å². The molecular formula is C9H13N3O. The van der Waals surface area contributed by atoms with Gasteiger partial charge in [0.15, 0.2) is 0 Å². The Morgan fingerprint density at radius 1 is 1.85 bits per heavy atom. The summed E-state index contributed by atoms with van der Waals surface area (Å²) < 4.78 is 1.84. The first-order valence-corrected chi connectivity index (χ1v) is 4.12. The van der Waals surface area contributed by atoms with Gasteiger partial charge in [-0.15, -0.1) is 0 Å². The van der Waals surface area contributed by atoms with Crippen molar-refractivity contribution in [3.8, 4) is 0 Å². The van der Waals surface area contributed by atoms with Gasteiger partial charge in [-0.3, -0.25) is 9.48 Å². The Bertz CT molecular complexity index is 304. The van der Waals surface area contributed by atoms with E-state index >= 15 is 0 Å². The molecule has 1 heterocycles. The molecule has 1 aromatic rings. The smallest absolute Gasteiger partial charge is 0.243 e. The van der Waals surface area contributed by atoms with Crippen LogP contribution in [0.1, 0.15) is 5.69 Å². The van der Waals surface area contributed by atoms with Gasteiger partial charge in [-0.25, -0.2) is 0 Å². The second-order valence-electron chi connectivity index (χ2n) is 2.69. The van der Waals surface area contributed by atoms with Crippen LogP contribution in [0.15, 0.2) is 24.9 Å². The maximum atomic E-state index is 10.8. The Morgan fingerprint density at radius 3 is 3.15 bits per heavy atom. The molecule has 0 bridgehead atoms. The monoisotopic (exact) mass is 179 g/mol. The van der Waals surface area contributed by atoms with Crippen LogP contribution in [0.3, 0.4) is 0 Å². The van der Waals surface area contributed by atoms with Crippen molar-refractivity contribution in [3.05, 3.63) is 30.6 Å². The number of aromatic nitrogens is 2. The maximum absolute atomic E-state index is 10.8. The predicted molar refractivity (Wildman–Crippen MR) is 50.2 cm³/mol. The summed E-state index contributed by atoms with van der Waals surface area (Å²) in [6.07, 6.45) is 3.00. The molecular weight excluding hydrogens is 166 g/mol. The normalized spacial score (nSPS) is 9.62. The third-order valence-electron chi connectivity index (χ3n) is 1.74. The van der Waals surface area contributed by atoms with Crippen molar-refractivity contribution >= 4 is 5.91 Å². The zero-order valence-electron chi connectivity index (χ0n) is 7.66. The van der Waals surface area contributed by atoms with Crippen molar-refractivity contribution in [2.24, 2.45) is 0 Å². The molecule has 0 spiro atoms. The Balaban J connectivity index is 2.32. The molecule has 13 heavy (non-hydrogen) atoms. The lowest BCUT2D eigenvalue weighted by Gasteiger charge is -2.04. The van der Waals surface area contributed by atoms with E-state index in [-0.39, 0.29) is 5.91 Å². The van der Waals surface area contributed by atoms with Crippen molar-refractivity contribution in [3.63, 3.8) is 0 Å². The largest absolute Gasteiger partial charge is 0.351 e. The van der Waals surface area contributed by atoms with Crippen LogP contribution < -0.4 is 5.32 Å². The molecule has 0 saturated carbocycles. The zero-order valence-corrected chi connectivity index (χ0v) is 7.66. The molecule has 1 N–H and O–H groups in total. The highest BCUT2D eigenvalue weighted by molar-refractivity contribution is 5.86. The molecule has 70 valence electrons. The van der Waals surface area contributed by atoms with Crippen molar-refractivity contribution < 1.29 is 4.79 Å². The Hall–Kier alpha value is -1.58. The summed E-state index contributed by atoms with van der Waals surface area (Å²) in [4.78, 5) is 10.8. The summed E-state index contributed by atoms with van der Waals surface area (Å²) >= 11 is 0. The minimum Gasteiger partial charge on any atom is -0.351 e. The zero-order chi connectivity index (χ0) is 9.68. The molecule has 1 rings (SSSR count). The minimum absolute atomic E-state index is 0.148. The molecule has 4 nitrogen and oxygen atoms in total. The van der Waals surface area contributed by atoms with E-state index in [0.717, 1.165) is 5.69 Å². The van der Waals surface area contributed by atoms with Crippen LogP contribution >= 0.6 is 0 Å². The fraction of sp³-hybridized carbons (Fsp3) is 0.333. The van der Waals surface area contributed by atoms with E-state index in [1.807, 2.05) is 17.7 Å². The predicted octanol–water partition coefficient (Wildman–Crippen LogP) is 0.494. The van der Waals surface area contributed by atoms with Crippen molar-refractivity contribution in [1.29, 1.82) is 0 Å². The molecule has 0 atom stereocenters. The Morgan fingerprint density at radius 2 is 2.62 bits per heavy atom. The molecule has 0 unspecified atom stereocenters.